The van der Waals surface area contributed by atoms with E-state index in [0.29, 0.717) is 0 Å². The van der Waals surface area contributed by atoms with Gasteiger partial charge >= 0.3 is 0 Å². The number of para-hydroxylation sites is 1. The fourth-order valence-corrected chi connectivity index (χ4v) is 2.40. The second-order valence-electron chi connectivity index (χ2n) is 4.69. The molecule has 0 fully saturated rings. The van der Waals surface area contributed by atoms with Crippen LogP contribution >= 0.6 is 0 Å². The molecule has 1 aromatic heterocycles. The monoisotopic (exact) mass is 274 g/mol. The Morgan fingerprint density at radius 2 is 1.90 bits per heavy atom. The Labute approximate surface area is 120 Å². The van der Waals surface area contributed by atoms with Gasteiger partial charge in [0.2, 0.25) is 0 Å². The molecule has 0 aliphatic rings. The molecule has 0 amide bonds. The molecule has 2 aromatic rings. The van der Waals surface area contributed by atoms with Crippen molar-refractivity contribution in [3.63, 3.8) is 0 Å². The maximum atomic E-state index is 5.45. The molecule has 0 aliphatic heterocycles. The van der Waals surface area contributed by atoms with E-state index in [-0.39, 0.29) is 12.3 Å². The van der Waals surface area contributed by atoms with Crippen molar-refractivity contribution in [2.24, 2.45) is 0 Å². The third kappa shape index (κ3) is 3.15. The minimum atomic E-state index is -0.339. The molecule has 20 heavy (non-hydrogen) atoms. The van der Waals surface area contributed by atoms with Gasteiger partial charge in [0.25, 0.3) is 0 Å². The standard InChI is InChI=1S/C16H22N2O2/c1-4-10-17-15(16(19-2)20-3)13-9-5-7-12-8-6-11-18-14(12)13/h5-9,11,15-17H,4,10H2,1-3H3. The first-order chi connectivity index (χ1) is 9.81. The summed E-state index contributed by atoms with van der Waals surface area (Å²) in [6.07, 6.45) is 2.53. The predicted octanol–water partition coefficient (Wildman–Crippen LogP) is 2.89. The first-order valence-electron chi connectivity index (χ1n) is 6.94. The van der Waals surface area contributed by atoms with Crippen molar-refractivity contribution >= 4 is 10.9 Å². The van der Waals surface area contributed by atoms with Crippen LogP contribution in [0.15, 0.2) is 36.5 Å². The molecule has 2 rings (SSSR count). The Bertz CT molecular complexity index is 535. The van der Waals surface area contributed by atoms with Crippen LogP contribution in [-0.4, -0.2) is 32.0 Å². The summed E-state index contributed by atoms with van der Waals surface area (Å²) in [6, 6.07) is 10.2. The molecule has 4 nitrogen and oxygen atoms in total. The van der Waals surface area contributed by atoms with Gasteiger partial charge in [-0.1, -0.05) is 31.2 Å². The number of nitrogens with zero attached hydrogens (tertiary/aromatic N) is 1. The molecule has 0 saturated heterocycles. The van der Waals surface area contributed by atoms with Crippen LogP contribution in [0.4, 0.5) is 0 Å². The van der Waals surface area contributed by atoms with Crippen molar-refractivity contribution in [3.05, 3.63) is 42.1 Å². The molecule has 1 aromatic carbocycles. The van der Waals surface area contributed by atoms with Gasteiger partial charge in [-0.05, 0) is 19.0 Å². The highest BCUT2D eigenvalue weighted by atomic mass is 16.7. The Morgan fingerprint density at radius 1 is 1.15 bits per heavy atom. The van der Waals surface area contributed by atoms with Gasteiger partial charge in [-0.15, -0.1) is 0 Å². The second-order valence-corrected chi connectivity index (χ2v) is 4.69. The first-order valence-corrected chi connectivity index (χ1v) is 6.94. The summed E-state index contributed by atoms with van der Waals surface area (Å²) in [5, 5.41) is 4.61. The molecule has 0 bridgehead atoms. The number of nitrogens with one attached hydrogen (secondary N) is 1. The summed E-state index contributed by atoms with van der Waals surface area (Å²) in [5.41, 5.74) is 2.09. The molecule has 1 N–H and O–H groups in total. The number of methoxy groups -OCH3 is 2. The van der Waals surface area contributed by atoms with E-state index in [1.165, 1.54) is 0 Å². The lowest BCUT2D eigenvalue weighted by Gasteiger charge is -2.26. The molecule has 108 valence electrons. The van der Waals surface area contributed by atoms with E-state index in [9.17, 15) is 0 Å². The third-order valence-electron chi connectivity index (χ3n) is 3.35. The summed E-state index contributed by atoms with van der Waals surface area (Å²) in [7, 11) is 3.32. The molecule has 0 radical (unpaired) electrons. The van der Waals surface area contributed by atoms with E-state index in [1.807, 2.05) is 18.3 Å². The second kappa shape index (κ2) is 7.33. The van der Waals surface area contributed by atoms with Crippen molar-refractivity contribution in [2.45, 2.75) is 25.7 Å². The Kier molecular flexibility index (Phi) is 5.47. The molecule has 1 atom stereocenters. The van der Waals surface area contributed by atoms with Crippen molar-refractivity contribution in [2.75, 3.05) is 20.8 Å². The van der Waals surface area contributed by atoms with Gasteiger partial charge in [-0.25, -0.2) is 0 Å². The zero-order chi connectivity index (χ0) is 14.4. The normalized spacial score (nSPS) is 13.0. The van der Waals surface area contributed by atoms with Crippen molar-refractivity contribution < 1.29 is 9.47 Å². The summed E-state index contributed by atoms with van der Waals surface area (Å²) in [4.78, 5) is 4.51. The van der Waals surface area contributed by atoms with Crippen molar-refractivity contribution in [1.82, 2.24) is 10.3 Å². The number of benzene rings is 1. The molecule has 0 aliphatic carbocycles. The number of hydrogen-bond acceptors (Lipinski definition) is 4. The molecular formula is C16H22N2O2. The van der Waals surface area contributed by atoms with Crippen LogP contribution in [0.3, 0.4) is 0 Å². The highest BCUT2D eigenvalue weighted by molar-refractivity contribution is 5.82. The Balaban J connectivity index is 2.44. The SMILES string of the molecule is CCCNC(c1cccc2cccnc12)C(OC)OC. The molecule has 1 heterocycles. The number of ether oxygens (including phenoxy) is 2. The van der Waals surface area contributed by atoms with Gasteiger partial charge in [0, 0.05) is 31.4 Å². The molecular weight excluding hydrogens is 252 g/mol. The average Bonchev–Trinajstić information content (AvgIpc) is 2.51. The van der Waals surface area contributed by atoms with Crippen molar-refractivity contribution in [3.8, 4) is 0 Å². The number of rotatable bonds is 7. The minimum Gasteiger partial charge on any atom is -0.354 e. The lowest BCUT2D eigenvalue weighted by molar-refractivity contribution is -0.123. The number of pyridine rings is 1. The zero-order valence-electron chi connectivity index (χ0n) is 12.3. The van der Waals surface area contributed by atoms with E-state index in [4.69, 9.17) is 9.47 Å². The summed E-state index contributed by atoms with van der Waals surface area (Å²) in [6.45, 7) is 3.04. The van der Waals surface area contributed by atoms with E-state index >= 15 is 0 Å². The smallest absolute Gasteiger partial charge is 0.176 e. The van der Waals surface area contributed by atoms with Gasteiger partial charge in [-0.2, -0.15) is 0 Å². The minimum absolute atomic E-state index is 0.0384. The van der Waals surface area contributed by atoms with Gasteiger partial charge in [0.1, 0.15) is 0 Å². The summed E-state index contributed by atoms with van der Waals surface area (Å²) >= 11 is 0. The predicted molar refractivity (Wildman–Crippen MR) is 80.6 cm³/mol. The molecule has 1 unspecified atom stereocenters. The average molecular weight is 274 g/mol. The topological polar surface area (TPSA) is 43.4 Å². The van der Waals surface area contributed by atoms with Gasteiger partial charge in [0.15, 0.2) is 6.29 Å². The van der Waals surface area contributed by atoms with Crippen LogP contribution in [0, 0.1) is 0 Å². The third-order valence-corrected chi connectivity index (χ3v) is 3.35. The summed E-state index contributed by atoms with van der Waals surface area (Å²) < 4.78 is 10.9. The lowest BCUT2D eigenvalue weighted by Crippen LogP contribution is -2.35. The number of fused-ring (bicyclic) bond motifs is 1. The van der Waals surface area contributed by atoms with E-state index in [2.05, 4.69) is 35.4 Å². The van der Waals surface area contributed by atoms with E-state index in [1.54, 1.807) is 14.2 Å². The van der Waals surface area contributed by atoms with Crippen LogP contribution in [0.25, 0.3) is 10.9 Å². The number of aromatic nitrogens is 1. The van der Waals surface area contributed by atoms with Crippen molar-refractivity contribution in [1.29, 1.82) is 0 Å². The van der Waals surface area contributed by atoms with Crippen LogP contribution in [0.2, 0.25) is 0 Å². The maximum Gasteiger partial charge on any atom is 0.176 e. The highest BCUT2D eigenvalue weighted by Crippen LogP contribution is 2.26. The highest BCUT2D eigenvalue weighted by Gasteiger charge is 2.24. The number of hydrogen-bond donors (Lipinski definition) is 1. The Morgan fingerprint density at radius 3 is 2.60 bits per heavy atom. The fraction of sp³-hybridized carbons (Fsp3) is 0.438. The van der Waals surface area contributed by atoms with Crippen LogP contribution in [0.1, 0.15) is 24.9 Å². The van der Waals surface area contributed by atoms with E-state index < -0.39 is 0 Å². The largest absolute Gasteiger partial charge is 0.354 e. The van der Waals surface area contributed by atoms with Gasteiger partial charge < -0.3 is 14.8 Å². The van der Waals surface area contributed by atoms with E-state index in [0.717, 1.165) is 29.4 Å². The summed E-state index contributed by atoms with van der Waals surface area (Å²) in [5.74, 6) is 0. The quantitative estimate of drug-likeness (QED) is 0.788. The fourth-order valence-electron chi connectivity index (χ4n) is 2.40. The zero-order valence-corrected chi connectivity index (χ0v) is 12.3. The molecule has 0 saturated carbocycles. The lowest BCUT2D eigenvalue weighted by atomic mass is 10.0. The molecule has 0 spiro atoms. The molecule has 4 heteroatoms. The first kappa shape index (κ1) is 14.9. The maximum absolute atomic E-state index is 5.45. The van der Waals surface area contributed by atoms with Gasteiger partial charge in [0.05, 0.1) is 11.6 Å². The Hall–Kier alpha value is -1.49. The van der Waals surface area contributed by atoms with Crippen LogP contribution in [0.5, 0.6) is 0 Å². The van der Waals surface area contributed by atoms with Crippen LogP contribution in [-0.2, 0) is 9.47 Å². The van der Waals surface area contributed by atoms with Gasteiger partial charge in [-0.3, -0.25) is 4.98 Å². The van der Waals surface area contributed by atoms with Crippen LogP contribution < -0.4 is 5.32 Å².